The number of hydrogen-bond acceptors (Lipinski definition) is 3. The van der Waals surface area contributed by atoms with Crippen LogP contribution in [0.3, 0.4) is 0 Å². The van der Waals surface area contributed by atoms with Crippen molar-refractivity contribution in [2.45, 2.75) is 33.4 Å². The van der Waals surface area contributed by atoms with E-state index in [-0.39, 0.29) is 0 Å². The Kier molecular flexibility index (Phi) is 5.62. The SMILES string of the molecule is CC(C)CCOc1ccccc1CNCc1ncc[nH]1. The van der Waals surface area contributed by atoms with E-state index in [1.807, 2.05) is 24.4 Å². The molecule has 0 aliphatic heterocycles. The fourth-order valence-corrected chi connectivity index (χ4v) is 1.91. The standard InChI is InChI=1S/C16H23N3O/c1-13(2)7-10-20-15-6-4-3-5-14(15)11-17-12-16-18-8-9-19-16/h3-6,8-9,13,17H,7,10-12H2,1-2H3,(H,18,19). The second kappa shape index (κ2) is 7.70. The van der Waals surface area contributed by atoms with Crippen LogP contribution in [0.1, 0.15) is 31.7 Å². The molecule has 0 aliphatic rings. The van der Waals surface area contributed by atoms with Crippen LogP contribution in [0.2, 0.25) is 0 Å². The molecular formula is C16H23N3O. The van der Waals surface area contributed by atoms with Crippen LogP contribution in [-0.2, 0) is 13.1 Å². The van der Waals surface area contributed by atoms with E-state index in [0.717, 1.165) is 37.7 Å². The maximum absolute atomic E-state index is 5.87. The zero-order chi connectivity index (χ0) is 14.2. The summed E-state index contributed by atoms with van der Waals surface area (Å²) in [5.74, 6) is 2.59. The Morgan fingerprint density at radius 2 is 2.10 bits per heavy atom. The topological polar surface area (TPSA) is 49.9 Å². The summed E-state index contributed by atoms with van der Waals surface area (Å²) in [6.07, 6.45) is 4.67. The van der Waals surface area contributed by atoms with Crippen molar-refractivity contribution in [1.29, 1.82) is 0 Å². The van der Waals surface area contributed by atoms with Gasteiger partial charge in [-0.2, -0.15) is 0 Å². The molecule has 0 atom stereocenters. The molecule has 1 aromatic heterocycles. The van der Waals surface area contributed by atoms with Gasteiger partial charge in [-0.1, -0.05) is 32.0 Å². The van der Waals surface area contributed by atoms with Crippen molar-refractivity contribution in [3.05, 3.63) is 48.0 Å². The molecule has 0 unspecified atom stereocenters. The van der Waals surface area contributed by atoms with E-state index in [1.54, 1.807) is 6.20 Å². The Balaban J connectivity index is 1.83. The molecule has 0 spiro atoms. The third-order valence-corrected chi connectivity index (χ3v) is 3.09. The van der Waals surface area contributed by atoms with E-state index in [9.17, 15) is 0 Å². The molecule has 0 bridgehead atoms. The van der Waals surface area contributed by atoms with Crippen LogP contribution >= 0.6 is 0 Å². The summed E-state index contributed by atoms with van der Waals surface area (Å²) < 4.78 is 5.87. The van der Waals surface area contributed by atoms with E-state index in [0.29, 0.717) is 5.92 Å². The molecule has 108 valence electrons. The molecule has 1 aromatic carbocycles. The van der Waals surface area contributed by atoms with Gasteiger partial charge in [-0.3, -0.25) is 0 Å². The van der Waals surface area contributed by atoms with Crippen molar-refractivity contribution in [3.63, 3.8) is 0 Å². The summed E-state index contributed by atoms with van der Waals surface area (Å²) in [4.78, 5) is 7.27. The first kappa shape index (κ1) is 14.6. The normalized spacial score (nSPS) is 10.9. The molecule has 0 amide bonds. The molecule has 4 heteroatoms. The Hall–Kier alpha value is -1.81. The molecule has 2 rings (SSSR count). The molecule has 20 heavy (non-hydrogen) atoms. The minimum atomic E-state index is 0.666. The van der Waals surface area contributed by atoms with Crippen LogP contribution < -0.4 is 10.1 Å². The number of H-pyrrole nitrogens is 1. The first-order valence-electron chi connectivity index (χ1n) is 7.15. The van der Waals surface area contributed by atoms with Crippen molar-refractivity contribution >= 4 is 0 Å². The zero-order valence-electron chi connectivity index (χ0n) is 12.2. The largest absolute Gasteiger partial charge is 0.493 e. The van der Waals surface area contributed by atoms with E-state index in [1.165, 1.54) is 5.56 Å². The fourth-order valence-electron chi connectivity index (χ4n) is 1.91. The first-order chi connectivity index (χ1) is 9.75. The highest BCUT2D eigenvalue weighted by molar-refractivity contribution is 5.33. The minimum Gasteiger partial charge on any atom is -0.493 e. The van der Waals surface area contributed by atoms with Gasteiger partial charge in [0.2, 0.25) is 0 Å². The van der Waals surface area contributed by atoms with Gasteiger partial charge in [0.25, 0.3) is 0 Å². The van der Waals surface area contributed by atoms with Crippen LogP contribution in [0.4, 0.5) is 0 Å². The molecular weight excluding hydrogens is 250 g/mol. The number of ether oxygens (including phenoxy) is 1. The Morgan fingerprint density at radius 1 is 1.25 bits per heavy atom. The van der Waals surface area contributed by atoms with Crippen LogP contribution in [-0.4, -0.2) is 16.6 Å². The number of hydrogen-bond donors (Lipinski definition) is 2. The third-order valence-electron chi connectivity index (χ3n) is 3.09. The van der Waals surface area contributed by atoms with Gasteiger partial charge in [-0.15, -0.1) is 0 Å². The number of para-hydroxylation sites is 1. The van der Waals surface area contributed by atoms with E-state index in [4.69, 9.17) is 4.74 Å². The lowest BCUT2D eigenvalue weighted by atomic mass is 10.1. The molecule has 1 heterocycles. The number of nitrogens with one attached hydrogen (secondary N) is 2. The molecule has 0 radical (unpaired) electrons. The maximum Gasteiger partial charge on any atom is 0.123 e. The van der Waals surface area contributed by atoms with E-state index in [2.05, 4.69) is 35.2 Å². The highest BCUT2D eigenvalue weighted by Crippen LogP contribution is 2.18. The summed E-state index contributed by atoms with van der Waals surface area (Å²) in [6.45, 7) is 6.69. The monoisotopic (exact) mass is 273 g/mol. The summed E-state index contributed by atoms with van der Waals surface area (Å²) in [7, 11) is 0. The average molecular weight is 273 g/mol. The minimum absolute atomic E-state index is 0.666. The number of aromatic amines is 1. The maximum atomic E-state index is 5.87. The van der Waals surface area contributed by atoms with Gasteiger partial charge < -0.3 is 15.0 Å². The highest BCUT2D eigenvalue weighted by atomic mass is 16.5. The molecule has 0 fully saturated rings. The second-order valence-corrected chi connectivity index (χ2v) is 5.28. The quantitative estimate of drug-likeness (QED) is 0.777. The van der Waals surface area contributed by atoms with Gasteiger partial charge in [0.1, 0.15) is 11.6 Å². The lowest BCUT2D eigenvalue weighted by molar-refractivity contribution is 0.286. The van der Waals surface area contributed by atoms with Crippen molar-refractivity contribution in [2.24, 2.45) is 5.92 Å². The summed E-state index contributed by atoms with van der Waals surface area (Å²) in [5.41, 5.74) is 1.18. The number of imidazole rings is 1. The highest BCUT2D eigenvalue weighted by Gasteiger charge is 2.04. The summed E-state index contributed by atoms with van der Waals surface area (Å²) in [5, 5.41) is 3.37. The van der Waals surface area contributed by atoms with Crippen molar-refractivity contribution < 1.29 is 4.74 Å². The molecule has 2 aromatic rings. The summed E-state index contributed by atoms with van der Waals surface area (Å²) in [6, 6.07) is 8.18. The van der Waals surface area contributed by atoms with Gasteiger partial charge in [-0.05, 0) is 18.4 Å². The Labute approximate surface area is 120 Å². The van der Waals surface area contributed by atoms with Gasteiger partial charge in [-0.25, -0.2) is 4.98 Å². The molecule has 0 saturated heterocycles. The van der Waals surface area contributed by atoms with Crippen LogP contribution in [0.15, 0.2) is 36.7 Å². The predicted octanol–water partition coefficient (Wildman–Crippen LogP) is 3.12. The van der Waals surface area contributed by atoms with Crippen LogP contribution in [0.5, 0.6) is 5.75 Å². The number of benzene rings is 1. The van der Waals surface area contributed by atoms with Gasteiger partial charge >= 0.3 is 0 Å². The average Bonchev–Trinajstić information content (AvgIpc) is 2.93. The number of aromatic nitrogens is 2. The molecule has 0 aliphatic carbocycles. The van der Waals surface area contributed by atoms with E-state index < -0.39 is 0 Å². The Bertz CT molecular complexity index is 494. The number of nitrogens with zero attached hydrogens (tertiary/aromatic N) is 1. The summed E-state index contributed by atoms with van der Waals surface area (Å²) >= 11 is 0. The van der Waals surface area contributed by atoms with Crippen molar-refractivity contribution in [3.8, 4) is 5.75 Å². The predicted molar refractivity (Wildman–Crippen MR) is 80.5 cm³/mol. The fraction of sp³-hybridized carbons (Fsp3) is 0.438. The first-order valence-corrected chi connectivity index (χ1v) is 7.15. The third kappa shape index (κ3) is 4.70. The van der Waals surface area contributed by atoms with Crippen molar-refractivity contribution in [2.75, 3.05) is 6.61 Å². The molecule has 4 nitrogen and oxygen atoms in total. The van der Waals surface area contributed by atoms with Gasteiger partial charge in [0, 0.05) is 24.5 Å². The number of rotatable bonds is 8. The zero-order valence-corrected chi connectivity index (χ0v) is 12.2. The second-order valence-electron chi connectivity index (χ2n) is 5.28. The lowest BCUT2D eigenvalue weighted by Gasteiger charge is -2.12. The van der Waals surface area contributed by atoms with Crippen LogP contribution in [0, 0.1) is 5.92 Å². The Morgan fingerprint density at radius 3 is 2.85 bits per heavy atom. The smallest absolute Gasteiger partial charge is 0.123 e. The van der Waals surface area contributed by atoms with Gasteiger partial charge in [0.05, 0.1) is 13.2 Å². The lowest BCUT2D eigenvalue weighted by Crippen LogP contribution is -2.14. The molecule has 0 saturated carbocycles. The van der Waals surface area contributed by atoms with Crippen molar-refractivity contribution in [1.82, 2.24) is 15.3 Å². The van der Waals surface area contributed by atoms with Gasteiger partial charge in [0.15, 0.2) is 0 Å². The molecule has 2 N–H and O–H groups in total. The van der Waals surface area contributed by atoms with Crippen LogP contribution in [0.25, 0.3) is 0 Å². The van der Waals surface area contributed by atoms with E-state index >= 15 is 0 Å².